The molecule has 2 aliphatic heterocycles. The summed E-state index contributed by atoms with van der Waals surface area (Å²) in [5.41, 5.74) is 16.2. The van der Waals surface area contributed by atoms with Gasteiger partial charge < -0.3 is 14.4 Å². The summed E-state index contributed by atoms with van der Waals surface area (Å²) in [7, 11) is 0. The first-order valence-corrected chi connectivity index (χ1v) is 20.4. The minimum absolute atomic E-state index is 0.0789. The fraction of sp³-hybridized carbons (Fsp3) is 0.0545. The van der Waals surface area contributed by atoms with Gasteiger partial charge in [0.05, 0.1) is 5.69 Å². The Kier molecular flexibility index (Phi) is 7.37. The molecule has 0 saturated heterocycles. The molecule has 0 unspecified atom stereocenters. The van der Waals surface area contributed by atoms with Gasteiger partial charge in [0.25, 0.3) is 6.71 Å². The van der Waals surface area contributed by atoms with Crippen molar-refractivity contribution in [2.75, 3.05) is 4.90 Å². The predicted molar refractivity (Wildman–Crippen MR) is 245 cm³/mol. The molecule has 2 heterocycles. The van der Waals surface area contributed by atoms with Crippen LogP contribution in [0.2, 0.25) is 0 Å². The van der Waals surface area contributed by atoms with Crippen molar-refractivity contribution < 1.29 is 9.47 Å². The Balaban J connectivity index is 1.09. The fourth-order valence-corrected chi connectivity index (χ4v) is 9.93. The van der Waals surface area contributed by atoms with Crippen LogP contribution in [0.1, 0.15) is 25.0 Å². The molecule has 0 saturated carbocycles. The van der Waals surface area contributed by atoms with E-state index in [2.05, 4.69) is 213 Å². The van der Waals surface area contributed by atoms with Crippen LogP contribution in [-0.4, -0.2) is 6.71 Å². The van der Waals surface area contributed by atoms with Crippen LogP contribution in [0.15, 0.2) is 194 Å². The fourth-order valence-electron chi connectivity index (χ4n) is 9.93. The van der Waals surface area contributed by atoms with Gasteiger partial charge in [-0.15, -0.1) is 0 Å². The molecule has 0 spiro atoms. The normalized spacial score (nSPS) is 13.6. The summed E-state index contributed by atoms with van der Waals surface area (Å²) in [6.45, 7) is 4.70. The molecule has 9 aromatic rings. The van der Waals surface area contributed by atoms with Crippen LogP contribution in [0.25, 0.3) is 44.2 Å². The Hall–Kier alpha value is -7.30. The summed E-state index contributed by atoms with van der Waals surface area (Å²) < 4.78 is 14.0. The Morgan fingerprint density at radius 2 is 0.966 bits per heavy atom. The van der Waals surface area contributed by atoms with Crippen LogP contribution in [0.5, 0.6) is 23.0 Å². The standard InChI is InChI=1S/C55H38BNO2/c1-55(2)44-33-47-50(32-43(44)53-42-26-16-15-25-41(42)48(34-45(53)55)57(39-21-11-5-12-22-39)40-23-13-6-14-24-40)59-52-31-38(36-19-9-4-10-20-36)30-51-54(52)56(47)46-29-37(27-28-49(46)58-51)35-17-7-3-8-18-35/h3-34H,1-2H3. The van der Waals surface area contributed by atoms with Crippen molar-refractivity contribution in [1.82, 2.24) is 0 Å². The van der Waals surface area contributed by atoms with Crippen molar-refractivity contribution in [3.8, 4) is 56.4 Å². The molecule has 12 rings (SSSR count). The van der Waals surface area contributed by atoms with Crippen LogP contribution in [0.3, 0.4) is 0 Å². The predicted octanol–water partition coefficient (Wildman–Crippen LogP) is 12.7. The molecule has 9 aromatic carbocycles. The number of hydrogen-bond donors (Lipinski definition) is 0. The van der Waals surface area contributed by atoms with Crippen molar-refractivity contribution in [1.29, 1.82) is 0 Å². The molecule has 1 aliphatic carbocycles. The Labute approximate surface area is 344 Å². The molecule has 0 fully saturated rings. The number of ether oxygens (including phenoxy) is 2. The molecular weight excluding hydrogens is 717 g/mol. The summed E-state index contributed by atoms with van der Waals surface area (Å²) in [4.78, 5) is 2.40. The second-order valence-electron chi connectivity index (χ2n) is 16.4. The van der Waals surface area contributed by atoms with E-state index in [-0.39, 0.29) is 12.1 Å². The second kappa shape index (κ2) is 12.9. The first-order valence-electron chi connectivity index (χ1n) is 20.4. The van der Waals surface area contributed by atoms with Gasteiger partial charge in [-0.25, -0.2) is 0 Å². The molecule has 3 aliphatic rings. The van der Waals surface area contributed by atoms with Gasteiger partial charge in [-0.1, -0.05) is 153 Å². The summed E-state index contributed by atoms with van der Waals surface area (Å²) in [5.74, 6) is 3.46. The Morgan fingerprint density at radius 3 is 1.61 bits per heavy atom. The van der Waals surface area contributed by atoms with Crippen molar-refractivity contribution in [3.63, 3.8) is 0 Å². The van der Waals surface area contributed by atoms with E-state index in [1.165, 1.54) is 49.6 Å². The molecule has 4 heteroatoms. The first kappa shape index (κ1) is 33.8. The first-order chi connectivity index (χ1) is 29.0. The van der Waals surface area contributed by atoms with Gasteiger partial charge in [-0.05, 0) is 115 Å². The lowest BCUT2D eigenvalue weighted by Crippen LogP contribution is -2.57. The highest BCUT2D eigenvalue weighted by Crippen LogP contribution is 2.55. The largest absolute Gasteiger partial charge is 0.458 e. The molecule has 3 nitrogen and oxygen atoms in total. The lowest BCUT2D eigenvalue weighted by Gasteiger charge is -2.34. The van der Waals surface area contributed by atoms with Crippen molar-refractivity contribution >= 4 is 50.9 Å². The zero-order valence-corrected chi connectivity index (χ0v) is 32.8. The topological polar surface area (TPSA) is 21.7 Å². The van der Waals surface area contributed by atoms with Gasteiger partial charge in [-0.3, -0.25) is 0 Å². The third kappa shape index (κ3) is 5.16. The summed E-state index contributed by atoms with van der Waals surface area (Å²) in [6, 6.07) is 69.8. The van der Waals surface area contributed by atoms with E-state index in [1.54, 1.807) is 0 Å². The molecule has 0 bridgehead atoms. The molecule has 59 heavy (non-hydrogen) atoms. The number of nitrogens with zero attached hydrogens (tertiary/aromatic N) is 1. The highest BCUT2D eigenvalue weighted by molar-refractivity contribution is 6.98. The lowest BCUT2D eigenvalue weighted by atomic mass is 9.34. The van der Waals surface area contributed by atoms with E-state index in [0.717, 1.165) is 62.1 Å². The minimum Gasteiger partial charge on any atom is -0.458 e. The number of hydrogen-bond acceptors (Lipinski definition) is 3. The van der Waals surface area contributed by atoms with Crippen molar-refractivity contribution in [2.24, 2.45) is 0 Å². The molecule has 0 amide bonds. The van der Waals surface area contributed by atoms with Crippen LogP contribution < -0.4 is 30.8 Å². The van der Waals surface area contributed by atoms with Gasteiger partial charge in [0, 0.05) is 27.6 Å². The average Bonchev–Trinajstić information content (AvgIpc) is 3.51. The van der Waals surface area contributed by atoms with Crippen LogP contribution in [-0.2, 0) is 5.41 Å². The maximum Gasteiger partial charge on any atom is 0.260 e. The van der Waals surface area contributed by atoms with Crippen LogP contribution in [0, 0.1) is 0 Å². The van der Waals surface area contributed by atoms with E-state index >= 15 is 0 Å². The Bertz CT molecular complexity index is 3090. The molecule has 0 atom stereocenters. The third-order valence-corrected chi connectivity index (χ3v) is 12.7. The van der Waals surface area contributed by atoms with Crippen LogP contribution >= 0.6 is 0 Å². The zero-order chi connectivity index (χ0) is 39.2. The van der Waals surface area contributed by atoms with Crippen LogP contribution in [0.4, 0.5) is 17.1 Å². The maximum absolute atomic E-state index is 7.13. The summed E-state index contributed by atoms with van der Waals surface area (Å²) in [5, 5.41) is 2.44. The maximum atomic E-state index is 7.13. The SMILES string of the molecule is CC1(C)c2cc3c(cc2-c2c1cc(N(c1ccccc1)c1ccccc1)c1ccccc21)Oc1cc(-c2ccccc2)cc2c1B3c1cc(-c3ccccc3)ccc1O2. The molecule has 0 radical (unpaired) electrons. The van der Waals surface area contributed by atoms with Gasteiger partial charge >= 0.3 is 0 Å². The number of benzene rings is 9. The quantitative estimate of drug-likeness (QED) is 0.163. The number of para-hydroxylation sites is 2. The van der Waals surface area contributed by atoms with E-state index in [0.29, 0.717) is 0 Å². The van der Waals surface area contributed by atoms with Gasteiger partial charge in [-0.2, -0.15) is 0 Å². The van der Waals surface area contributed by atoms with E-state index in [1.807, 2.05) is 0 Å². The highest BCUT2D eigenvalue weighted by atomic mass is 16.5. The third-order valence-electron chi connectivity index (χ3n) is 12.7. The molecule has 0 aromatic heterocycles. The smallest absolute Gasteiger partial charge is 0.260 e. The number of anilines is 3. The van der Waals surface area contributed by atoms with E-state index in [9.17, 15) is 0 Å². The van der Waals surface area contributed by atoms with Crippen molar-refractivity contribution in [2.45, 2.75) is 19.3 Å². The highest BCUT2D eigenvalue weighted by Gasteiger charge is 2.45. The zero-order valence-electron chi connectivity index (χ0n) is 32.8. The summed E-state index contributed by atoms with van der Waals surface area (Å²) in [6.07, 6.45) is 0. The van der Waals surface area contributed by atoms with Gasteiger partial charge in [0.15, 0.2) is 0 Å². The average molecular weight is 756 g/mol. The van der Waals surface area contributed by atoms with Gasteiger partial charge in [0.2, 0.25) is 0 Å². The minimum atomic E-state index is -0.308. The molecular formula is C55H38BNO2. The number of fused-ring (bicyclic) bond motifs is 9. The van der Waals surface area contributed by atoms with E-state index in [4.69, 9.17) is 9.47 Å². The lowest BCUT2D eigenvalue weighted by molar-refractivity contribution is 0.465. The summed E-state index contributed by atoms with van der Waals surface area (Å²) >= 11 is 0. The van der Waals surface area contributed by atoms with E-state index < -0.39 is 0 Å². The number of rotatable bonds is 5. The van der Waals surface area contributed by atoms with Gasteiger partial charge in [0.1, 0.15) is 23.0 Å². The molecule has 278 valence electrons. The monoisotopic (exact) mass is 755 g/mol. The molecule has 0 N–H and O–H groups in total. The second-order valence-corrected chi connectivity index (χ2v) is 16.4. The van der Waals surface area contributed by atoms with Crippen molar-refractivity contribution in [3.05, 3.63) is 205 Å². The Morgan fingerprint density at radius 1 is 0.424 bits per heavy atom.